The highest BCUT2D eigenvalue weighted by molar-refractivity contribution is 7.15. The van der Waals surface area contributed by atoms with Gasteiger partial charge >= 0.3 is 0 Å². The average Bonchev–Trinajstić information content (AvgIpc) is 2.84. The summed E-state index contributed by atoms with van der Waals surface area (Å²) >= 11 is 1.60. The number of rotatable bonds is 4. The lowest BCUT2D eigenvalue weighted by Crippen LogP contribution is -2.37. The molecule has 3 atom stereocenters. The summed E-state index contributed by atoms with van der Waals surface area (Å²) in [4.78, 5) is 14.5. The molecule has 6 nitrogen and oxygen atoms in total. The van der Waals surface area contributed by atoms with Gasteiger partial charge in [-0.3, -0.25) is 4.79 Å². The van der Waals surface area contributed by atoms with Crippen molar-refractivity contribution >= 4 is 22.4 Å². The van der Waals surface area contributed by atoms with Crippen LogP contribution < -0.4 is 10.2 Å². The Labute approximate surface area is 127 Å². The third kappa shape index (κ3) is 2.64. The van der Waals surface area contributed by atoms with Gasteiger partial charge in [-0.15, -0.1) is 10.2 Å². The van der Waals surface area contributed by atoms with E-state index in [1.807, 2.05) is 6.92 Å². The van der Waals surface area contributed by atoms with Crippen LogP contribution in [0.2, 0.25) is 0 Å². The minimum absolute atomic E-state index is 0.00670. The summed E-state index contributed by atoms with van der Waals surface area (Å²) in [7, 11) is 0. The molecule has 4 rings (SSSR count). The topological polar surface area (TPSA) is 67.3 Å². The molecule has 1 N–H and O–H groups in total. The predicted molar refractivity (Wildman–Crippen MR) is 79.3 cm³/mol. The van der Waals surface area contributed by atoms with Crippen LogP contribution in [0.3, 0.4) is 0 Å². The number of amides is 1. The molecule has 1 aromatic rings. The zero-order valence-electron chi connectivity index (χ0n) is 12.1. The molecule has 0 bridgehead atoms. The van der Waals surface area contributed by atoms with E-state index in [0.717, 1.165) is 35.7 Å². The van der Waals surface area contributed by atoms with Crippen molar-refractivity contribution in [1.82, 2.24) is 15.5 Å². The van der Waals surface area contributed by atoms with Crippen LogP contribution in [0, 0.1) is 24.7 Å². The number of aryl methyl sites for hydroxylation is 1. The lowest BCUT2D eigenvalue weighted by atomic mass is 9.92. The number of nitrogens with one attached hydrogen (secondary N) is 1. The second kappa shape index (κ2) is 5.21. The lowest BCUT2D eigenvalue weighted by molar-refractivity contribution is -0.125. The summed E-state index contributed by atoms with van der Waals surface area (Å²) in [5, 5.41) is 13.3. The summed E-state index contributed by atoms with van der Waals surface area (Å²) < 4.78 is 5.85. The first-order valence-corrected chi connectivity index (χ1v) is 8.46. The first-order valence-electron chi connectivity index (χ1n) is 7.65. The molecule has 114 valence electrons. The first kappa shape index (κ1) is 13.5. The highest BCUT2D eigenvalue weighted by atomic mass is 32.1. The lowest BCUT2D eigenvalue weighted by Gasteiger charge is -2.18. The molecule has 2 aliphatic heterocycles. The zero-order valence-corrected chi connectivity index (χ0v) is 12.9. The first-order chi connectivity index (χ1) is 10.2. The summed E-state index contributed by atoms with van der Waals surface area (Å²) in [5.41, 5.74) is 0. The highest BCUT2D eigenvalue weighted by Crippen LogP contribution is 2.37. The number of fused-ring (bicyclic) bond motifs is 1. The van der Waals surface area contributed by atoms with Crippen LogP contribution in [0.5, 0.6) is 0 Å². The van der Waals surface area contributed by atoms with Gasteiger partial charge in [0.2, 0.25) is 11.0 Å². The molecule has 1 saturated carbocycles. The van der Waals surface area contributed by atoms with Crippen molar-refractivity contribution in [3.8, 4) is 0 Å². The van der Waals surface area contributed by atoms with E-state index in [2.05, 4.69) is 20.4 Å². The Kier molecular flexibility index (Phi) is 3.34. The quantitative estimate of drug-likeness (QED) is 0.892. The fraction of sp³-hybridized carbons (Fsp3) is 0.786. The van der Waals surface area contributed by atoms with Crippen LogP contribution in [0.25, 0.3) is 0 Å². The summed E-state index contributed by atoms with van der Waals surface area (Å²) in [6.07, 6.45) is 2.68. The van der Waals surface area contributed by atoms with Gasteiger partial charge in [0, 0.05) is 25.6 Å². The number of nitrogens with zero attached hydrogens (tertiary/aromatic N) is 3. The Morgan fingerprint density at radius 2 is 2.29 bits per heavy atom. The molecule has 0 aromatic carbocycles. The number of aromatic nitrogens is 2. The van der Waals surface area contributed by atoms with E-state index in [-0.39, 0.29) is 23.8 Å². The maximum atomic E-state index is 12.3. The molecule has 2 saturated heterocycles. The van der Waals surface area contributed by atoms with Gasteiger partial charge in [0.1, 0.15) is 5.01 Å². The van der Waals surface area contributed by atoms with Gasteiger partial charge in [0.15, 0.2) is 0 Å². The normalized spacial score (nSPS) is 31.5. The van der Waals surface area contributed by atoms with E-state index in [1.165, 1.54) is 12.8 Å². The number of ether oxygens (including phenoxy) is 1. The third-order valence-corrected chi connectivity index (χ3v) is 5.60. The molecule has 1 aliphatic carbocycles. The molecule has 1 amide bonds. The Hall–Kier alpha value is -1.21. The van der Waals surface area contributed by atoms with E-state index in [0.29, 0.717) is 6.61 Å². The fourth-order valence-electron chi connectivity index (χ4n) is 3.25. The molecule has 3 fully saturated rings. The Bertz CT molecular complexity index is 545. The number of hydrogen-bond donors (Lipinski definition) is 1. The van der Waals surface area contributed by atoms with Crippen molar-refractivity contribution < 1.29 is 9.53 Å². The van der Waals surface area contributed by atoms with Crippen molar-refractivity contribution in [3.05, 3.63) is 5.01 Å². The van der Waals surface area contributed by atoms with E-state index in [9.17, 15) is 4.79 Å². The standard InChI is InChI=1S/C14H20N4O2S/c1-8-16-17-14(21-8)18-5-10-11(7-20-12(10)6-18)13(19)15-4-9-2-3-9/h9-12H,2-7H2,1H3,(H,15,19)/t10-,11+,12-/m0/s1. The van der Waals surface area contributed by atoms with Gasteiger partial charge in [-0.25, -0.2) is 0 Å². The molecule has 1 aromatic heterocycles. The molecule has 0 radical (unpaired) electrons. The fourth-order valence-corrected chi connectivity index (χ4v) is 3.96. The molecular weight excluding hydrogens is 288 g/mol. The second-order valence-corrected chi connectivity index (χ2v) is 7.50. The maximum absolute atomic E-state index is 12.3. The number of hydrogen-bond acceptors (Lipinski definition) is 6. The van der Waals surface area contributed by atoms with Crippen LogP contribution >= 0.6 is 11.3 Å². The molecule has 0 spiro atoms. The van der Waals surface area contributed by atoms with Gasteiger partial charge in [-0.05, 0) is 25.7 Å². The van der Waals surface area contributed by atoms with E-state index in [4.69, 9.17) is 4.74 Å². The van der Waals surface area contributed by atoms with Crippen molar-refractivity contribution in [1.29, 1.82) is 0 Å². The number of anilines is 1. The van der Waals surface area contributed by atoms with Crippen molar-refractivity contribution in [2.24, 2.45) is 17.8 Å². The molecule has 0 unspecified atom stereocenters. The maximum Gasteiger partial charge on any atom is 0.225 e. The highest BCUT2D eigenvalue weighted by Gasteiger charge is 2.47. The summed E-state index contributed by atoms with van der Waals surface area (Å²) in [6, 6.07) is 0. The minimum atomic E-state index is -0.00670. The molecule has 3 aliphatic rings. The van der Waals surface area contributed by atoms with E-state index < -0.39 is 0 Å². The van der Waals surface area contributed by atoms with Crippen molar-refractivity contribution in [3.63, 3.8) is 0 Å². The minimum Gasteiger partial charge on any atom is -0.375 e. The largest absolute Gasteiger partial charge is 0.375 e. The monoisotopic (exact) mass is 308 g/mol. The number of carbonyl (C=O) groups excluding carboxylic acids is 1. The van der Waals surface area contributed by atoms with Crippen LogP contribution in [-0.2, 0) is 9.53 Å². The second-order valence-electron chi connectivity index (χ2n) is 6.34. The van der Waals surface area contributed by atoms with Crippen LogP contribution in [-0.4, -0.2) is 48.4 Å². The van der Waals surface area contributed by atoms with Crippen LogP contribution in [0.4, 0.5) is 5.13 Å². The van der Waals surface area contributed by atoms with E-state index >= 15 is 0 Å². The van der Waals surface area contributed by atoms with Crippen LogP contribution in [0.15, 0.2) is 0 Å². The van der Waals surface area contributed by atoms with Gasteiger partial charge in [0.05, 0.1) is 18.6 Å². The van der Waals surface area contributed by atoms with E-state index in [1.54, 1.807) is 11.3 Å². The van der Waals surface area contributed by atoms with Crippen LogP contribution in [0.1, 0.15) is 17.8 Å². The Morgan fingerprint density at radius 1 is 1.43 bits per heavy atom. The van der Waals surface area contributed by atoms with Gasteiger partial charge in [-0.1, -0.05) is 11.3 Å². The predicted octanol–water partition coefficient (Wildman–Crippen LogP) is 0.824. The molecule has 3 heterocycles. The SMILES string of the molecule is Cc1nnc(N2C[C@@H]3[C@H](C2)OC[C@H]3C(=O)NCC2CC2)s1. The number of carbonyl (C=O) groups is 1. The molecular formula is C14H20N4O2S. The molecule has 7 heteroatoms. The third-order valence-electron chi connectivity index (χ3n) is 4.70. The van der Waals surface area contributed by atoms with Crippen molar-refractivity contribution in [2.75, 3.05) is 31.1 Å². The summed E-state index contributed by atoms with van der Waals surface area (Å²) in [5.74, 6) is 1.17. The van der Waals surface area contributed by atoms with Gasteiger partial charge in [-0.2, -0.15) is 0 Å². The summed E-state index contributed by atoms with van der Waals surface area (Å²) in [6.45, 7) is 5.04. The average molecular weight is 308 g/mol. The smallest absolute Gasteiger partial charge is 0.225 e. The van der Waals surface area contributed by atoms with Gasteiger partial charge < -0.3 is 15.0 Å². The van der Waals surface area contributed by atoms with Crippen molar-refractivity contribution in [2.45, 2.75) is 25.9 Å². The van der Waals surface area contributed by atoms with Gasteiger partial charge in [0.25, 0.3) is 0 Å². The molecule has 21 heavy (non-hydrogen) atoms. The zero-order chi connectivity index (χ0) is 14.4. The Balaban J connectivity index is 1.39. The Morgan fingerprint density at radius 3 is 3.00 bits per heavy atom.